The number of benzene rings is 1. The molecule has 4 nitrogen and oxygen atoms in total. The summed E-state index contributed by atoms with van der Waals surface area (Å²) in [5, 5.41) is 0. The highest BCUT2D eigenvalue weighted by Crippen LogP contribution is 2.22. The molecule has 2 rings (SSSR count). The second kappa shape index (κ2) is 7.07. The number of nitrogens with zero attached hydrogens (tertiary/aromatic N) is 1. The van der Waals surface area contributed by atoms with Crippen LogP contribution in [0.2, 0.25) is 0 Å². The van der Waals surface area contributed by atoms with E-state index in [-0.39, 0.29) is 11.1 Å². The molecule has 0 atom stereocenters. The first-order chi connectivity index (χ1) is 10.6. The molecule has 1 heterocycles. The van der Waals surface area contributed by atoms with E-state index in [4.69, 9.17) is 4.74 Å². The third-order valence-electron chi connectivity index (χ3n) is 3.34. The van der Waals surface area contributed by atoms with Gasteiger partial charge in [0, 0.05) is 6.54 Å². The second-order valence-electron chi connectivity index (χ2n) is 5.56. The molecule has 0 aliphatic carbocycles. The molecule has 116 valence electrons. The van der Waals surface area contributed by atoms with Gasteiger partial charge in [0.1, 0.15) is 5.75 Å². The van der Waals surface area contributed by atoms with Gasteiger partial charge >= 0.3 is 0 Å². The van der Waals surface area contributed by atoms with Crippen LogP contribution in [0, 0.1) is 5.92 Å². The number of hydrogen-bond donors (Lipinski definition) is 0. The quantitative estimate of drug-likeness (QED) is 0.768. The SMILES string of the molecule is CCOc1ccc(-c2ccc(C=O)c(=O)n2CC(C)C)cc1. The van der Waals surface area contributed by atoms with Crippen molar-refractivity contribution in [2.24, 2.45) is 5.92 Å². The number of carbonyl (C=O) groups excluding carboxylic acids is 1. The maximum absolute atomic E-state index is 12.4. The molecule has 0 saturated carbocycles. The predicted molar refractivity (Wildman–Crippen MR) is 87.5 cm³/mol. The molecule has 0 amide bonds. The van der Waals surface area contributed by atoms with E-state index in [1.807, 2.05) is 51.1 Å². The van der Waals surface area contributed by atoms with Gasteiger partial charge in [0.05, 0.1) is 17.9 Å². The third kappa shape index (κ3) is 3.45. The molecule has 0 unspecified atom stereocenters. The minimum Gasteiger partial charge on any atom is -0.494 e. The van der Waals surface area contributed by atoms with Crippen LogP contribution in [-0.4, -0.2) is 17.5 Å². The maximum Gasteiger partial charge on any atom is 0.261 e. The van der Waals surface area contributed by atoms with Gasteiger partial charge in [-0.1, -0.05) is 13.8 Å². The van der Waals surface area contributed by atoms with Gasteiger partial charge in [-0.25, -0.2) is 0 Å². The molecule has 4 heteroatoms. The Morgan fingerprint density at radius 3 is 2.36 bits per heavy atom. The Morgan fingerprint density at radius 2 is 1.82 bits per heavy atom. The lowest BCUT2D eigenvalue weighted by atomic mass is 10.1. The van der Waals surface area contributed by atoms with Gasteiger partial charge < -0.3 is 9.30 Å². The van der Waals surface area contributed by atoms with E-state index in [1.165, 1.54) is 0 Å². The number of aldehydes is 1. The van der Waals surface area contributed by atoms with Gasteiger partial charge in [-0.15, -0.1) is 0 Å². The highest BCUT2D eigenvalue weighted by atomic mass is 16.5. The molecule has 0 bridgehead atoms. The fraction of sp³-hybridized carbons (Fsp3) is 0.333. The summed E-state index contributed by atoms with van der Waals surface area (Å²) in [6.07, 6.45) is 0.612. The average Bonchev–Trinajstić information content (AvgIpc) is 2.50. The van der Waals surface area contributed by atoms with Crippen LogP contribution in [0.3, 0.4) is 0 Å². The number of carbonyl (C=O) groups is 1. The van der Waals surface area contributed by atoms with Crippen LogP contribution in [-0.2, 0) is 6.54 Å². The fourth-order valence-electron chi connectivity index (χ4n) is 2.37. The summed E-state index contributed by atoms with van der Waals surface area (Å²) in [6.45, 7) is 7.21. The lowest BCUT2D eigenvalue weighted by Gasteiger charge is -2.16. The number of aromatic nitrogens is 1. The van der Waals surface area contributed by atoms with Crippen LogP contribution in [0.25, 0.3) is 11.3 Å². The molecular weight excluding hydrogens is 278 g/mol. The summed E-state index contributed by atoms with van der Waals surface area (Å²) >= 11 is 0. The van der Waals surface area contributed by atoms with Crippen molar-refractivity contribution in [2.45, 2.75) is 27.3 Å². The van der Waals surface area contributed by atoms with Crippen LogP contribution in [0.1, 0.15) is 31.1 Å². The Labute approximate surface area is 130 Å². The smallest absolute Gasteiger partial charge is 0.261 e. The van der Waals surface area contributed by atoms with E-state index in [1.54, 1.807) is 10.6 Å². The molecular formula is C18H21NO3. The lowest BCUT2D eigenvalue weighted by molar-refractivity contribution is 0.112. The van der Waals surface area contributed by atoms with Crippen molar-refractivity contribution in [3.05, 3.63) is 52.3 Å². The first-order valence-electron chi connectivity index (χ1n) is 7.49. The summed E-state index contributed by atoms with van der Waals surface area (Å²) in [4.78, 5) is 23.4. The van der Waals surface area contributed by atoms with Gasteiger partial charge in [0.15, 0.2) is 6.29 Å². The zero-order valence-corrected chi connectivity index (χ0v) is 13.2. The number of rotatable bonds is 6. The maximum atomic E-state index is 12.4. The van der Waals surface area contributed by atoms with Gasteiger partial charge in [-0.05, 0) is 54.8 Å². The minimum atomic E-state index is -0.241. The average molecular weight is 299 g/mol. The number of ether oxygens (including phenoxy) is 1. The van der Waals surface area contributed by atoms with E-state index in [0.717, 1.165) is 17.0 Å². The summed E-state index contributed by atoms with van der Waals surface area (Å²) in [5.41, 5.74) is 1.69. The molecule has 2 aromatic rings. The zero-order valence-electron chi connectivity index (χ0n) is 13.2. The van der Waals surface area contributed by atoms with Gasteiger partial charge in [0.25, 0.3) is 5.56 Å². The molecule has 0 spiro atoms. The Hall–Kier alpha value is -2.36. The topological polar surface area (TPSA) is 48.3 Å². The highest BCUT2D eigenvalue weighted by Gasteiger charge is 2.11. The number of hydrogen-bond acceptors (Lipinski definition) is 3. The first-order valence-corrected chi connectivity index (χ1v) is 7.49. The minimum absolute atomic E-state index is 0.190. The van der Waals surface area contributed by atoms with Gasteiger partial charge in [-0.3, -0.25) is 9.59 Å². The first kappa shape index (κ1) is 16.0. The fourth-order valence-corrected chi connectivity index (χ4v) is 2.37. The van der Waals surface area contributed by atoms with Crippen LogP contribution >= 0.6 is 0 Å². The largest absolute Gasteiger partial charge is 0.494 e. The highest BCUT2D eigenvalue weighted by molar-refractivity contribution is 5.75. The van der Waals surface area contributed by atoms with E-state index in [9.17, 15) is 9.59 Å². The summed E-state index contributed by atoms with van der Waals surface area (Å²) in [5.74, 6) is 1.11. The van der Waals surface area contributed by atoms with Crippen LogP contribution < -0.4 is 10.3 Å². The molecule has 0 saturated heterocycles. The summed E-state index contributed by atoms with van der Waals surface area (Å²) < 4.78 is 7.11. The molecule has 0 radical (unpaired) electrons. The van der Waals surface area contributed by atoms with Crippen molar-refractivity contribution in [1.82, 2.24) is 4.57 Å². The molecule has 1 aromatic carbocycles. The molecule has 0 fully saturated rings. The van der Waals surface area contributed by atoms with Crippen LogP contribution in [0.5, 0.6) is 5.75 Å². The van der Waals surface area contributed by atoms with E-state index in [0.29, 0.717) is 25.4 Å². The van der Waals surface area contributed by atoms with Crippen molar-refractivity contribution in [2.75, 3.05) is 6.61 Å². The van der Waals surface area contributed by atoms with Crippen LogP contribution in [0.15, 0.2) is 41.2 Å². The predicted octanol–water partition coefficient (Wildman–Crippen LogP) is 3.38. The van der Waals surface area contributed by atoms with E-state index < -0.39 is 0 Å². The zero-order chi connectivity index (χ0) is 16.1. The van der Waals surface area contributed by atoms with Crippen LogP contribution in [0.4, 0.5) is 0 Å². The van der Waals surface area contributed by atoms with Crippen molar-refractivity contribution < 1.29 is 9.53 Å². The Morgan fingerprint density at radius 1 is 1.14 bits per heavy atom. The van der Waals surface area contributed by atoms with Crippen molar-refractivity contribution in [3.8, 4) is 17.0 Å². The monoisotopic (exact) mass is 299 g/mol. The van der Waals surface area contributed by atoms with Gasteiger partial charge in [0.2, 0.25) is 0 Å². The second-order valence-corrected chi connectivity index (χ2v) is 5.56. The third-order valence-corrected chi connectivity index (χ3v) is 3.34. The Bertz CT molecular complexity index is 699. The van der Waals surface area contributed by atoms with Crippen molar-refractivity contribution >= 4 is 6.29 Å². The molecule has 0 aliphatic heterocycles. The lowest BCUT2D eigenvalue weighted by Crippen LogP contribution is -2.26. The molecule has 22 heavy (non-hydrogen) atoms. The molecule has 0 N–H and O–H groups in total. The Kier molecular flexibility index (Phi) is 5.15. The molecule has 1 aromatic heterocycles. The van der Waals surface area contributed by atoms with Crippen molar-refractivity contribution in [3.63, 3.8) is 0 Å². The van der Waals surface area contributed by atoms with Gasteiger partial charge in [-0.2, -0.15) is 0 Å². The normalized spacial score (nSPS) is 10.7. The Balaban J connectivity index is 2.51. The number of pyridine rings is 1. The molecule has 0 aliphatic rings. The van der Waals surface area contributed by atoms with E-state index in [2.05, 4.69) is 0 Å². The van der Waals surface area contributed by atoms with Crippen molar-refractivity contribution in [1.29, 1.82) is 0 Å². The van der Waals surface area contributed by atoms with E-state index >= 15 is 0 Å². The standard InChI is InChI=1S/C18H21NO3/c1-4-22-16-8-5-14(6-9-16)17-10-7-15(12-20)18(21)19(17)11-13(2)3/h5-10,12-13H,4,11H2,1-3H3. The summed E-state index contributed by atoms with van der Waals surface area (Å²) in [6, 6.07) is 11.0. The summed E-state index contributed by atoms with van der Waals surface area (Å²) in [7, 11) is 0.